The van der Waals surface area contributed by atoms with Gasteiger partial charge in [-0.1, -0.05) is 19.0 Å². The third-order valence-corrected chi connectivity index (χ3v) is 3.04. The summed E-state index contributed by atoms with van der Waals surface area (Å²) in [7, 11) is 1.38. The van der Waals surface area contributed by atoms with E-state index in [2.05, 4.69) is 19.0 Å². The monoisotopic (exact) mass is 268 g/mol. The number of methoxy groups -OCH3 is 1. The smallest absolute Gasteiger partial charge is 0.311 e. The van der Waals surface area contributed by atoms with Crippen molar-refractivity contribution in [1.82, 2.24) is 5.16 Å². The van der Waals surface area contributed by atoms with E-state index >= 15 is 0 Å². The van der Waals surface area contributed by atoms with Gasteiger partial charge in [-0.3, -0.25) is 4.79 Å². The lowest BCUT2D eigenvalue weighted by molar-refractivity contribution is -0.150. The highest BCUT2D eigenvalue weighted by atomic mass is 16.5. The van der Waals surface area contributed by atoms with Crippen molar-refractivity contribution in [2.75, 3.05) is 7.11 Å². The van der Waals surface area contributed by atoms with Gasteiger partial charge in [-0.2, -0.15) is 0 Å². The van der Waals surface area contributed by atoms with Crippen LogP contribution in [0.25, 0.3) is 0 Å². The molecule has 0 saturated carbocycles. The molecule has 0 radical (unpaired) electrons. The molecule has 1 atom stereocenters. The number of esters is 1. The normalized spacial score (nSPS) is 13.6. The van der Waals surface area contributed by atoms with Gasteiger partial charge in [0, 0.05) is 12.5 Å². The van der Waals surface area contributed by atoms with Crippen molar-refractivity contribution in [3.8, 4) is 0 Å². The molecule has 1 aromatic rings. The van der Waals surface area contributed by atoms with Crippen molar-refractivity contribution in [3.05, 3.63) is 17.5 Å². The van der Waals surface area contributed by atoms with Gasteiger partial charge < -0.3 is 15.0 Å². The highest BCUT2D eigenvalue weighted by Crippen LogP contribution is 2.25. The van der Waals surface area contributed by atoms with Crippen LogP contribution in [-0.2, 0) is 16.0 Å². The van der Waals surface area contributed by atoms with Gasteiger partial charge in [-0.25, -0.2) is 0 Å². The first-order valence-electron chi connectivity index (χ1n) is 6.55. The van der Waals surface area contributed by atoms with Crippen LogP contribution in [0.4, 0.5) is 0 Å². The number of hydrogen-bond acceptors (Lipinski definition) is 5. The molecule has 1 aromatic heterocycles. The third kappa shape index (κ3) is 4.35. The summed E-state index contributed by atoms with van der Waals surface area (Å²) >= 11 is 0. The SMILES string of the molecule is COC(=O)C(C)(C)Cc1cc(C(N)CC(C)C)no1. The lowest BCUT2D eigenvalue weighted by atomic mass is 9.88. The fourth-order valence-electron chi connectivity index (χ4n) is 2.00. The molecule has 1 unspecified atom stereocenters. The Morgan fingerprint density at radius 2 is 2.16 bits per heavy atom. The molecule has 19 heavy (non-hydrogen) atoms. The first kappa shape index (κ1) is 15.7. The Morgan fingerprint density at radius 1 is 1.53 bits per heavy atom. The molecule has 108 valence electrons. The Hall–Kier alpha value is -1.36. The fourth-order valence-corrected chi connectivity index (χ4v) is 2.00. The fraction of sp³-hybridized carbons (Fsp3) is 0.714. The van der Waals surface area contributed by atoms with E-state index in [1.165, 1.54) is 7.11 Å². The van der Waals surface area contributed by atoms with Gasteiger partial charge in [-0.15, -0.1) is 0 Å². The van der Waals surface area contributed by atoms with Gasteiger partial charge in [0.1, 0.15) is 11.5 Å². The summed E-state index contributed by atoms with van der Waals surface area (Å²) in [6.45, 7) is 7.85. The summed E-state index contributed by atoms with van der Waals surface area (Å²) in [5, 5.41) is 3.99. The van der Waals surface area contributed by atoms with Crippen molar-refractivity contribution in [3.63, 3.8) is 0 Å². The Morgan fingerprint density at radius 3 is 2.68 bits per heavy atom. The lowest BCUT2D eigenvalue weighted by Crippen LogP contribution is -2.27. The number of nitrogens with zero attached hydrogens (tertiary/aromatic N) is 1. The molecule has 5 nitrogen and oxygen atoms in total. The zero-order valence-corrected chi connectivity index (χ0v) is 12.4. The van der Waals surface area contributed by atoms with E-state index in [-0.39, 0.29) is 12.0 Å². The predicted octanol–water partition coefficient (Wildman–Crippen LogP) is 2.46. The van der Waals surface area contributed by atoms with Crippen LogP contribution in [0.3, 0.4) is 0 Å². The van der Waals surface area contributed by atoms with Crippen molar-refractivity contribution < 1.29 is 14.1 Å². The first-order valence-corrected chi connectivity index (χ1v) is 6.55. The van der Waals surface area contributed by atoms with Crippen molar-refractivity contribution >= 4 is 5.97 Å². The van der Waals surface area contributed by atoms with Gasteiger partial charge >= 0.3 is 5.97 Å². The summed E-state index contributed by atoms with van der Waals surface area (Å²) in [4.78, 5) is 11.6. The number of carbonyl (C=O) groups excluding carboxylic acids is 1. The molecule has 0 aliphatic heterocycles. The second kappa shape index (κ2) is 6.19. The Labute approximate surface area is 114 Å². The zero-order chi connectivity index (χ0) is 14.6. The minimum absolute atomic E-state index is 0.126. The quantitative estimate of drug-likeness (QED) is 0.802. The number of rotatable bonds is 6. The lowest BCUT2D eigenvalue weighted by Gasteiger charge is -2.19. The molecule has 0 saturated heterocycles. The third-order valence-electron chi connectivity index (χ3n) is 3.04. The number of nitrogens with two attached hydrogens (primary N) is 1. The molecule has 0 bridgehead atoms. The molecule has 5 heteroatoms. The van der Waals surface area contributed by atoms with E-state index < -0.39 is 5.41 Å². The number of carbonyl (C=O) groups is 1. The van der Waals surface area contributed by atoms with E-state index in [1.54, 1.807) is 0 Å². The maximum atomic E-state index is 11.6. The number of ether oxygens (including phenoxy) is 1. The van der Waals surface area contributed by atoms with Gasteiger partial charge in [-0.05, 0) is 26.2 Å². The molecule has 0 aromatic carbocycles. The molecule has 0 fully saturated rings. The van der Waals surface area contributed by atoms with Crippen molar-refractivity contribution in [2.24, 2.45) is 17.1 Å². The molecule has 0 amide bonds. The summed E-state index contributed by atoms with van der Waals surface area (Å²) in [5.41, 5.74) is 6.15. The van der Waals surface area contributed by atoms with E-state index in [1.807, 2.05) is 19.9 Å². The van der Waals surface area contributed by atoms with Crippen molar-refractivity contribution in [1.29, 1.82) is 0 Å². The summed E-state index contributed by atoms with van der Waals surface area (Å²) in [5.74, 6) is 0.892. The highest BCUT2D eigenvalue weighted by Gasteiger charge is 2.31. The van der Waals surface area contributed by atoms with Gasteiger partial charge in [0.15, 0.2) is 0 Å². The average Bonchev–Trinajstić information content (AvgIpc) is 2.74. The van der Waals surface area contributed by atoms with Crippen LogP contribution < -0.4 is 5.73 Å². The van der Waals surface area contributed by atoms with Gasteiger partial charge in [0.2, 0.25) is 0 Å². The molecule has 0 spiro atoms. The molecular weight excluding hydrogens is 244 g/mol. The standard InChI is InChI=1S/C14H24N2O3/c1-9(2)6-11(15)12-7-10(19-16-12)8-14(3,4)13(17)18-5/h7,9,11H,6,8,15H2,1-5H3. The Kier molecular flexibility index (Phi) is 5.11. The second-order valence-electron chi connectivity index (χ2n) is 6.01. The minimum atomic E-state index is -0.631. The van der Waals surface area contributed by atoms with Crippen LogP contribution in [0.5, 0.6) is 0 Å². The molecule has 1 heterocycles. The van der Waals surface area contributed by atoms with Crippen LogP contribution in [0.2, 0.25) is 0 Å². The minimum Gasteiger partial charge on any atom is -0.469 e. The van der Waals surface area contributed by atoms with E-state index in [9.17, 15) is 4.79 Å². The van der Waals surface area contributed by atoms with Gasteiger partial charge in [0.05, 0.1) is 18.6 Å². The van der Waals surface area contributed by atoms with Crippen LogP contribution in [-0.4, -0.2) is 18.2 Å². The summed E-state index contributed by atoms with van der Waals surface area (Å²) in [6, 6.07) is 1.70. The zero-order valence-electron chi connectivity index (χ0n) is 12.4. The largest absolute Gasteiger partial charge is 0.469 e. The summed E-state index contributed by atoms with van der Waals surface area (Å²) in [6.07, 6.45) is 1.30. The average molecular weight is 268 g/mol. The van der Waals surface area contributed by atoms with Crippen LogP contribution in [0.15, 0.2) is 10.6 Å². The summed E-state index contributed by atoms with van der Waals surface area (Å²) < 4.78 is 10.0. The number of aromatic nitrogens is 1. The van der Waals surface area contributed by atoms with Crippen molar-refractivity contribution in [2.45, 2.75) is 46.6 Å². The molecular formula is C14H24N2O3. The maximum absolute atomic E-state index is 11.6. The Bertz CT molecular complexity index is 424. The second-order valence-corrected chi connectivity index (χ2v) is 6.01. The van der Waals surface area contributed by atoms with E-state index in [4.69, 9.17) is 15.0 Å². The van der Waals surface area contributed by atoms with Crippen LogP contribution in [0, 0.1) is 11.3 Å². The topological polar surface area (TPSA) is 78.4 Å². The molecule has 2 N–H and O–H groups in total. The van der Waals surface area contributed by atoms with E-state index in [0.29, 0.717) is 18.1 Å². The number of hydrogen-bond donors (Lipinski definition) is 1. The molecule has 0 aliphatic carbocycles. The van der Waals surface area contributed by atoms with E-state index in [0.717, 1.165) is 12.1 Å². The highest BCUT2D eigenvalue weighted by molar-refractivity contribution is 5.76. The van der Waals surface area contributed by atoms with Gasteiger partial charge in [0.25, 0.3) is 0 Å². The predicted molar refractivity (Wildman–Crippen MR) is 72.4 cm³/mol. The van der Waals surface area contributed by atoms with Crippen LogP contribution in [0.1, 0.15) is 51.6 Å². The molecule has 1 rings (SSSR count). The maximum Gasteiger partial charge on any atom is 0.311 e. The Balaban J connectivity index is 2.72. The van der Waals surface area contributed by atoms with Crippen LogP contribution >= 0.6 is 0 Å². The molecule has 0 aliphatic rings. The first-order chi connectivity index (χ1) is 8.76.